The topological polar surface area (TPSA) is 116 Å². The molecule has 0 bridgehead atoms. The van der Waals surface area contributed by atoms with E-state index in [9.17, 15) is 9.59 Å². The minimum atomic E-state index is -1.04. The predicted octanol–water partition coefficient (Wildman–Crippen LogP) is -0.720. The first kappa shape index (κ1) is 14.6. The zero-order valence-corrected chi connectivity index (χ0v) is 9.85. The Kier molecular flexibility index (Phi) is 7.57. The van der Waals surface area contributed by atoms with Crippen LogP contribution in [-0.2, 0) is 14.3 Å². The van der Waals surface area contributed by atoms with Crippen LogP contribution >= 0.6 is 21.6 Å². The second kappa shape index (κ2) is 7.80. The van der Waals surface area contributed by atoms with E-state index in [1.165, 1.54) is 28.7 Å². The van der Waals surface area contributed by atoms with Gasteiger partial charge in [-0.15, -0.1) is 0 Å². The van der Waals surface area contributed by atoms with Crippen molar-refractivity contribution in [3.63, 3.8) is 0 Å². The molecule has 0 heterocycles. The maximum absolute atomic E-state index is 10.9. The lowest BCUT2D eigenvalue weighted by atomic mass is 10.4. The Hall–Kier alpha value is -0.440. The van der Waals surface area contributed by atoms with Crippen LogP contribution < -0.4 is 11.5 Å². The van der Waals surface area contributed by atoms with Gasteiger partial charge in [0, 0.05) is 11.5 Å². The zero-order valence-electron chi connectivity index (χ0n) is 8.21. The Morgan fingerprint density at radius 3 is 2.13 bits per heavy atom. The van der Waals surface area contributed by atoms with Crippen molar-refractivity contribution >= 4 is 33.5 Å². The molecular weight excluding hydrogens is 240 g/mol. The van der Waals surface area contributed by atoms with Crippen LogP contribution in [0.4, 0.5) is 0 Å². The number of carbonyl (C=O) groups excluding carboxylic acids is 1. The number of rotatable bonds is 7. The fraction of sp³-hybridized carbons (Fsp3) is 0.714. The second-order valence-electron chi connectivity index (χ2n) is 2.64. The molecule has 8 heteroatoms. The minimum Gasteiger partial charge on any atom is -0.480 e. The molecule has 0 saturated carbocycles. The number of nitrogens with two attached hydrogens (primary N) is 2. The molecule has 2 atom stereocenters. The fourth-order valence-electron chi connectivity index (χ4n) is 0.534. The van der Waals surface area contributed by atoms with E-state index in [0.717, 1.165) is 0 Å². The number of methoxy groups -OCH3 is 1. The van der Waals surface area contributed by atoms with Crippen molar-refractivity contribution in [3.8, 4) is 0 Å². The largest absolute Gasteiger partial charge is 0.480 e. The zero-order chi connectivity index (χ0) is 11.8. The first-order chi connectivity index (χ1) is 6.99. The summed E-state index contributed by atoms with van der Waals surface area (Å²) in [7, 11) is 3.83. The third kappa shape index (κ3) is 6.61. The maximum Gasteiger partial charge on any atom is 0.323 e. The van der Waals surface area contributed by atoms with Gasteiger partial charge in [-0.1, -0.05) is 21.6 Å². The fourth-order valence-corrected chi connectivity index (χ4v) is 2.75. The van der Waals surface area contributed by atoms with Gasteiger partial charge in [-0.25, -0.2) is 0 Å². The average molecular weight is 254 g/mol. The molecule has 2 unspecified atom stereocenters. The van der Waals surface area contributed by atoms with Gasteiger partial charge >= 0.3 is 11.9 Å². The standard InChI is InChI=1S/C7H14N2O4S2/c1-13-7(12)5(9)3-15-14-2-4(8)6(10)11/h4-5H,2-3,8-9H2,1H3,(H,10,11). The molecular formula is C7H14N2O4S2. The molecule has 0 aromatic rings. The molecule has 0 fully saturated rings. The summed E-state index contributed by atoms with van der Waals surface area (Å²) in [6.45, 7) is 0. The monoisotopic (exact) mass is 254 g/mol. The van der Waals surface area contributed by atoms with Gasteiger partial charge in [0.2, 0.25) is 0 Å². The number of carboxylic acid groups (broad SMARTS) is 1. The van der Waals surface area contributed by atoms with Crippen molar-refractivity contribution in [2.45, 2.75) is 12.1 Å². The van der Waals surface area contributed by atoms with Crippen molar-refractivity contribution in [2.24, 2.45) is 11.5 Å². The Labute approximate surface area is 95.5 Å². The molecule has 0 aliphatic heterocycles. The van der Waals surface area contributed by atoms with Crippen molar-refractivity contribution in [1.82, 2.24) is 0 Å². The molecule has 0 saturated heterocycles. The Morgan fingerprint density at radius 1 is 1.27 bits per heavy atom. The van der Waals surface area contributed by atoms with Crippen molar-refractivity contribution in [3.05, 3.63) is 0 Å². The smallest absolute Gasteiger partial charge is 0.323 e. The van der Waals surface area contributed by atoms with Crippen LogP contribution in [-0.4, -0.2) is 47.7 Å². The first-order valence-corrected chi connectivity index (χ1v) is 6.54. The van der Waals surface area contributed by atoms with Gasteiger partial charge in [0.15, 0.2) is 0 Å². The Balaban J connectivity index is 3.54. The van der Waals surface area contributed by atoms with Gasteiger partial charge in [-0.05, 0) is 0 Å². The van der Waals surface area contributed by atoms with Crippen molar-refractivity contribution in [1.29, 1.82) is 0 Å². The quantitative estimate of drug-likeness (QED) is 0.310. The molecule has 0 aromatic heterocycles. The molecule has 0 aliphatic carbocycles. The van der Waals surface area contributed by atoms with Crippen molar-refractivity contribution in [2.75, 3.05) is 18.6 Å². The molecule has 0 amide bonds. The van der Waals surface area contributed by atoms with Crippen LogP contribution in [0.25, 0.3) is 0 Å². The predicted molar refractivity (Wildman–Crippen MR) is 60.5 cm³/mol. The maximum atomic E-state index is 10.9. The lowest BCUT2D eigenvalue weighted by Gasteiger charge is -2.09. The molecule has 5 N–H and O–H groups in total. The third-order valence-electron chi connectivity index (χ3n) is 1.40. The summed E-state index contributed by atoms with van der Waals surface area (Å²) in [6, 6.07) is -1.58. The van der Waals surface area contributed by atoms with Crippen LogP contribution in [0.5, 0.6) is 0 Å². The number of esters is 1. The van der Waals surface area contributed by atoms with E-state index in [1.54, 1.807) is 0 Å². The van der Waals surface area contributed by atoms with Gasteiger partial charge < -0.3 is 21.3 Å². The van der Waals surface area contributed by atoms with Gasteiger partial charge in [0.05, 0.1) is 7.11 Å². The number of ether oxygens (including phenoxy) is 1. The van der Waals surface area contributed by atoms with E-state index in [-0.39, 0.29) is 5.75 Å². The minimum absolute atomic E-state index is 0.272. The normalized spacial score (nSPS) is 14.3. The van der Waals surface area contributed by atoms with Gasteiger partial charge in [0.1, 0.15) is 12.1 Å². The van der Waals surface area contributed by atoms with Gasteiger partial charge in [-0.3, -0.25) is 9.59 Å². The highest BCUT2D eigenvalue weighted by Crippen LogP contribution is 2.22. The molecule has 0 aromatic carbocycles. The van der Waals surface area contributed by atoms with E-state index in [4.69, 9.17) is 16.6 Å². The van der Waals surface area contributed by atoms with Crippen LogP contribution in [0, 0.1) is 0 Å². The summed E-state index contributed by atoms with van der Waals surface area (Å²) in [5.41, 5.74) is 10.7. The first-order valence-electron chi connectivity index (χ1n) is 4.05. The lowest BCUT2D eigenvalue weighted by molar-refractivity contribution is -0.141. The number of hydrogen-bond donors (Lipinski definition) is 3. The average Bonchev–Trinajstić information content (AvgIpc) is 2.22. The lowest BCUT2D eigenvalue weighted by Crippen LogP contribution is -2.34. The Morgan fingerprint density at radius 2 is 1.73 bits per heavy atom. The molecule has 0 aliphatic rings. The van der Waals surface area contributed by atoms with E-state index in [1.807, 2.05) is 0 Å². The number of carbonyl (C=O) groups is 2. The number of hydrogen-bond acceptors (Lipinski definition) is 7. The van der Waals surface area contributed by atoms with E-state index >= 15 is 0 Å². The molecule has 0 radical (unpaired) electrons. The van der Waals surface area contributed by atoms with Crippen LogP contribution in [0.2, 0.25) is 0 Å². The molecule has 15 heavy (non-hydrogen) atoms. The third-order valence-corrected chi connectivity index (χ3v) is 3.87. The molecule has 6 nitrogen and oxygen atoms in total. The summed E-state index contributed by atoms with van der Waals surface area (Å²) in [5.74, 6) is -0.886. The van der Waals surface area contributed by atoms with E-state index < -0.39 is 24.0 Å². The van der Waals surface area contributed by atoms with Crippen LogP contribution in [0.15, 0.2) is 0 Å². The number of carboxylic acids is 1. The highest BCUT2D eigenvalue weighted by molar-refractivity contribution is 8.76. The SMILES string of the molecule is COC(=O)C(N)CSSCC(N)C(=O)O. The van der Waals surface area contributed by atoms with Gasteiger partial charge in [-0.2, -0.15) is 0 Å². The van der Waals surface area contributed by atoms with E-state index in [2.05, 4.69) is 4.74 Å². The summed E-state index contributed by atoms with van der Waals surface area (Å²) in [6.07, 6.45) is 0. The summed E-state index contributed by atoms with van der Waals surface area (Å²) in [5, 5.41) is 8.47. The highest BCUT2D eigenvalue weighted by atomic mass is 33.1. The highest BCUT2D eigenvalue weighted by Gasteiger charge is 2.15. The Bertz CT molecular complexity index is 227. The van der Waals surface area contributed by atoms with Crippen LogP contribution in [0.1, 0.15) is 0 Å². The second-order valence-corrected chi connectivity index (χ2v) is 5.20. The summed E-state index contributed by atoms with van der Waals surface area (Å²) < 4.78 is 4.42. The molecule has 88 valence electrons. The molecule has 0 rings (SSSR count). The summed E-state index contributed by atoms with van der Waals surface area (Å²) in [4.78, 5) is 21.2. The van der Waals surface area contributed by atoms with E-state index in [0.29, 0.717) is 5.75 Å². The number of aliphatic carboxylic acids is 1. The molecule has 0 spiro atoms. The van der Waals surface area contributed by atoms with Crippen molar-refractivity contribution < 1.29 is 19.4 Å². The van der Waals surface area contributed by atoms with Gasteiger partial charge in [0.25, 0.3) is 0 Å². The summed E-state index contributed by atoms with van der Waals surface area (Å²) >= 11 is 0. The van der Waals surface area contributed by atoms with Crippen LogP contribution in [0.3, 0.4) is 0 Å².